The van der Waals surface area contributed by atoms with Crippen LogP contribution in [-0.4, -0.2) is 57.5 Å². The normalized spacial score (nSPS) is 24.1. The van der Waals surface area contributed by atoms with Crippen molar-refractivity contribution in [1.82, 2.24) is 15.0 Å². The number of carbonyl (C=O) groups is 1. The van der Waals surface area contributed by atoms with Gasteiger partial charge in [0.15, 0.2) is 5.82 Å². The minimum absolute atomic E-state index is 0.0985. The fourth-order valence-corrected chi connectivity index (χ4v) is 3.43. The van der Waals surface area contributed by atoms with Crippen molar-refractivity contribution in [2.75, 3.05) is 19.7 Å². The molecule has 0 saturated carbocycles. The van der Waals surface area contributed by atoms with E-state index in [1.165, 1.54) is 0 Å². The van der Waals surface area contributed by atoms with E-state index >= 15 is 0 Å². The van der Waals surface area contributed by atoms with E-state index in [1.807, 2.05) is 11.8 Å². The predicted octanol–water partition coefficient (Wildman–Crippen LogP) is 1.10. The largest absolute Gasteiger partial charge is 0.390 e. The first-order valence-corrected chi connectivity index (χ1v) is 8.54. The van der Waals surface area contributed by atoms with E-state index in [-0.39, 0.29) is 5.91 Å². The molecule has 2 aliphatic rings. The van der Waals surface area contributed by atoms with Gasteiger partial charge in [0.25, 0.3) is 0 Å². The summed E-state index contributed by atoms with van der Waals surface area (Å²) in [5.74, 6) is 1.30. The Morgan fingerprint density at radius 2 is 2.22 bits per heavy atom. The van der Waals surface area contributed by atoms with Crippen LogP contribution in [0.25, 0.3) is 0 Å². The van der Waals surface area contributed by atoms with Gasteiger partial charge in [-0.05, 0) is 25.7 Å². The minimum Gasteiger partial charge on any atom is -0.390 e. The summed E-state index contributed by atoms with van der Waals surface area (Å²) < 4.78 is 11.0. The molecule has 1 spiro atoms. The van der Waals surface area contributed by atoms with Crippen LogP contribution in [0.3, 0.4) is 0 Å². The smallest absolute Gasteiger partial charge is 0.227 e. The van der Waals surface area contributed by atoms with Crippen molar-refractivity contribution in [1.29, 1.82) is 0 Å². The zero-order valence-corrected chi connectivity index (χ0v) is 13.7. The van der Waals surface area contributed by atoms with Crippen molar-refractivity contribution >= 4 is 5.91 Å². The maximum absolute atomic E-state index is 12.3. The summed E-state index contributed by atoms with van der Waals surface area (Å²) in [6.07, 6.45) is 4.31. The van der Waals surface area contributed by atoms with Crippen LogP contribution in [0.1, 0.15) is 50.7 Å². The molecule has 2 saturated heterocycles. The average Bonchev–Trinajstić information content (AvgIpc) is 3.04. The Morgan fingerprint density at radius 3 is 2.87 bits per heavy atom. The van der Waals surface area contributed by atoms with Gasteiger partial charge in [-0.3, -0.25) is 4.79 Å². The molecule has 0 unspecified atom stereocenters. The molecule has 0 bridgehead atoms. The molecular weight excluding hydrogens is 298 g/mol. The average molecular weight is 323 g/mol. The van der Waals surface area contributed by atoms with Gasteiger partial charge in [0, 0.05) is 39.0 Å². The molecule has 3 heterocycles. The monoisotopic (exact) mass is 323 g/mol. The lowest BCUT2D eigenvalue weighted by atomic mass is 9.82. The van der Waals surface area contributed by atoms with E-state index in [4.69, 9.17) is 9.26 Å². The van der Waals surface area contributed by atoms with E-state index < -0.39 is 11.7 Å². The number of amides is 1. The molecule has 1 amide bonds. The van der Waals surface area contributed by atoms with Crippen LogP contribution in [0.4, 0.5) is 0 Å². The molecule has 0 aromatic carbocycles. The van der Waals surface area contributed by atoms with Gasteiger partial charge in [-0.15, -0.1) is 0 Å². The fraction of sp³-hybridized carbons (Fsp3) is 0.812. The number of aryl methyl sites for hydroxylation is 2. The van der Waals surface area contributed by atoms with Crippen LogP contribution < -0.4 is 0 Å². The van der Waals surface area contributed by atoms with Crippen LogP contribution in [0.2, 0.25) is 0 Å². The topological polar surface area (TPSA) is 88.7 Å². The first kappa shape index (κ1) is 16.4. The van der Waals surface area contributed by atoms with Gasteiger partial charge < -0.3 is 19.3 Å². The van der Waals surface area contributed by atoms with E-state index in [9.17, 15) is 9.90 Å². The first-order valence-electron chi connectivity index (χ1n) is 8.54. The highest BCUT2D eigenvalue weighted by atomic mass is 16.5. The van der Waals surface area contributed by atoms with Gasteiger partial charge in [-0.25, -0.2) is 0 Å². The lowest BCUT2D eigenvalue weighted by Crippen LogP contribution is -2.56. The van der Waals surface area contributed by atoms with Gasteiger partial charge >= 0.3 is 0 Å². The van der Waals surface area contributed by atoms with Crippen molar-refractivity contribution in [3.8, 4) is 0 Å². The second kappa shape index (κ2) is 6.97. The second-order valence-electron chi connectivity index (χ2n) is 6.41. The zero-order valence-electron chi connectivity index (χ0n) is 13.7. The number of ether oxygens (including phenoxy) is 1. The standard InChI is InChI=1S/C16H25N3O4/c1-2-13-17-14(23-18-13)5-6-15(21)19-9-7-16(8-10-19)12(20)4-3-11-22-16/h12,20H,2-11H2,1H3/t12-/m1/s1. The molecular formula is C16H25N3O4. The van der Waals surface area contributed by atoms with Gasteiger partial charge in [-0.2, -0.15) is 4.98 Å². The van der Waals surface area contributed by atoms with E-state index in [0.717, 1.165) is 19.3 Å². The molecule has 128 valence electrons. The quantitative estimate of drug-likeness (QED) is 0.892. The summed E-state index contributed by atoms with van der Waals surface area (Å²) in [4.78, 5) is 18.4. The molecule has 0 radical (unpaired) electrons. The molecule has 1 N–H and O–H groups in total. The van der Waals surface area contributed by atoms with Crippen LogP contribution in [0.5, 0.6) is 0 Å². The van der Waals surface area contributed by atoms with Crippen molar-refractivity contribution in [2.45, 2.75) is 63.6 Å². The molecule has 1 atom stereocenters. The summed E-state index contributed by atoms with van der Waals surface area (Å²) in [6, 6.07) is 0. The Kier molecular flexibility index (Phi) is 4.96. The Balaban J connectivity index is 1.48. The summed E-state index contributed by atoms with van der Waals surface area (Å²) in [5, 5.41) is 14.1. The van der Waals surface area contributed by atoms with Crippen LogP contribution in [-0.2, 0) is 22.4 Å². The Hall–Kier alpha value is -1.47. The summed E-state index contributed by atoms with van der Waals surface area (Å²) in [6.45, 7) is 3.95. The maximum Gasteiger partial charge on any atom is 0.227 e. The van der Waals surface area contributed by atoms with Crippen molar-refractivity contribution < 1.29 is 19.2 Å². The number of carbonyl (C=O) groups excluding carboxylic acids is 1. The van der Waals surface area contributed by atoms with E-state index in [0.29, 0.717) is 57.1 Å². The number of nitrogens with zero attached hydrogens (tertiary/aromatic N) is 3. The highest BCUT2D eigenvalue weighted by Gasteiger charge is 2.44. The van der Waals surface area contributed by atoms with Crippen LogP contribution in [0, 0.1) is 0 Å². The minimum atomic E-state index is -0.433. The Labute approximate surface area is 136 Å². The molecule has 1 aromatic heterocycles. The van der Waals surface area contributed by atoms with Crippen LogP contribution in [0.15, 0.2) is 4.52 Å². The lowest BCUT2D eigenvalue weighted by Gasteiger charge is -2.46. The molecule has 3 rings (SSSR count). The summed E-state index contributed by atoms with van der Waals surface area (Å²) >= 11 is 0. The molecule has 2 fully saturated rings. The number of aliphatic hydroxyl groups excluding tert-OH is 1. The molecule has 23 heavy (non-hydrogen) atoms. The highest BCUT2D eigenvalue weighted by Crippen LogP contribution is 2.35. The number of likely N-dealkylation sites (tertiary alicyclic amines) is 1. The molecule has 7 heteroatoms. The summed E-state index contributed by atoms with van der Waals surface area (Å²) in [5.41, 5.74) is -0.433. The SMILES string of the molecule is CCc1noc(CCC(=O)N2CCC3(CC2)OCCC[C@H]3O)n1. The van der Waals surface area contributed by atoms with Crippen LogP contribution >= 0.6 is 0 Å². The molecule has 1 aromatic rings. The number of rotatable bonds is 4. The number of piperidine rings is 1. The highest BCUT2D eigenvalue weighted by molar-refractivity contribution is 5.76. The molecule has 2 aliphatic heterocycles. The second-order valence-corrected chi connectivity index (χ2v) is 6.41. The third-order valence-electron chi connectivity index (χ3n) is 4.96. The predicted molar refractivity (Wildman–Crippen MR) is 81.7 cm³/mol. The molecule has 7 nitrogen and oxygen atoms in total. The van der Waals surface area contributed by atoms with Gasteiger partial charge in [0.1, 0.15) is 0 Å². The van der Waals surface area contributed by atoms with Gasteiger partial charge in [0.05, 0.1) is 11.7 Å². The third-order valence-corrected chi connectivity index (χ3v) is 4.96. The number of hydrogen-bond acceptors (Lipinski definition) is 6. The fourth-order valence-electron chi connectivity index (χ4n) is 3.43. The van der Waals surface area contributed by atoms with Crippen molar-refractivity contribution in [3.05, 3.63) is 11.7 Å². The van der Waals surface area contributed by atoms with Crippen molar-refractivity contribution in [3.63, 3.8) is 0 Å². The lowest BCUT2D eigenvalue weighted by molar-refractivity contribution is -0.179. The zero-order chi connectivity index (χ0) is 16.3. The number of aliphatic hydroxyl groups is 1. The summed E-state index contributed by atoms with van der Waals surface area (Å²) in [7, 11) is 0. The number of hydrogen-bond donors (Lipinski definition) is 1. The molecule has 0 aliphatic carbocycles. The number of aromatic nitrogens is 2. The Morgan fingerprint density at radius 1 is 1.43 bits per heavy atom. The maximum atomic E-state index is 12.3. The van der Waals surface area contributed by atoms with E-state index in [1.54, 1.807) is 0 Å². The van der Waals surface area contributed by atoms with Gasteiger partial charge in [0.2, 0.25) is 11.8 Å². The van der Waals surface area contributed by atoms with E-state index in [2.05, 4.69) is 10.1 Å². The van der Waals surface area contributed by atoms with Crippen molar-refractivity contribution in [2.24, 2.45) is 0 Å². The third kappa shape index (κ3) is 3.55. The van der Waals surface area contributed by atoms with Gasteiger partial charge in [-0.1, -0.05) is 12.1 Å². The Bertz CT molecular complexity index is 537. The first-order chi connectivity index (χ1) is 11.1.